The minimum Gasteiger partial charge on any atom is -0.494 e. The normalized spacial score (nSPS) is 12.5. The van der Waals surface area contributed by atoms with Crippen LogP contribution in [-0.2, 0) is 46.9 Å². The minimum absolute atomic E-state index is 0.00707. The molecule has 0 radical (unpaired) electrons. The summed E-state index contributed by atoms with van der Waals surface area (Å²) < 4.78 is 140. The third-order valence-corrected chi connectivity index (χ3v) is 12.9. The lowest BCUT2D eigenvalue weighted by molar-refractivity contribution is -0.384. The number of non-ortho nitro benzene ring substituents is 1. The fourth-order valence-electron chi connectivity index (χ4n) is 6.25. The Morgan fingerprint density at radius 3 is 1.82 bits per heavy atom. The Bertz CT molecular complexity index is 3530. The van der Waals surface area contributed by atoms with Gasteiger partial charge in [-0.1, -0.05) is 12.1 Å². The van der Waals surface area contributed by atoms with Gasteiger partial charge in [-0.05, 0) is 79.6 Å². The van der Waals surface area contributed by atoms with Crippen LogP contribution in [0.4, 0.5) is 39.9 Å². The molecule has 1 heterocycles. The molecule has 27 heteroatoms. The van der Waals surface area contributed by atoms with Gasteiger partial charge in [0, 0.05) is 46.6 Å². The van der Waals surface area contributed by atoms with E-state index in [4.69, 9.17) is 4.74 Å². The van der Waals surface area contributed by atoms with E-state index in [1.807, 2.05) is 0 Å². The largest absolute Gasteiger partial charge is 0.494 e. The van der Waals surface area contributed by atoms with Crippen molar-refractivity contribution in [1.82, 2.24) is 4.98 Å². The van der Waals surface area contributed by atoms with Gasteiger partial charge in [-0.15, -0.1) is 10.2 Å². The predicted molar refractivity (Wildman–Crippen MR) is 229 cm³/mol. The molecule has 0 bridgehead atoms. The molecule has 0 amide bonds. The first kappa shape index (κ1) is 47.3. The standard InChI is InChI=1S/C38H30N8O15S4/c1-20-12-33(34(61-3)18-31(20)43-42-24-14-28-29(35(15-24)64(55,56)57)16-25(46(47)48)17-36(28)65(58,59)60)44-45-37-21(2)30(19-39)32(13-22-4-8-26(9-5-22)62(49,50)51)41-38(37)40-23-6-10-27(11-7-23)63(52,53)54/h4-12,14-18H,13H2,1-3H3,(H,40,41)(H,49,50,51)(H,52,53,54)(H,55,56,57)(H,58,59,60). The van der Waals surface area contributed by atoms with Crippen molar-refractivity contribution in [2.24, 2.45) is 20.5 Å². The van der Waals surface area contributed by atoms with Gasteiger partial charge in [-0.25, -0.2) is 4.98 Å². The van der Waals surface area contributed by atoms with Crippen LogP contribution in [0.25, 0.3) is 10.8 Å². The number of nitrogens with one attached hydrogen (secondary N) is 1. The molecule has 336 valence electrons. The van der Waals surface area contributed by atoms with E-state index in [9.17, 15) is 67.3 Å². The SMILES string of the molecule is COc1cc(N=Nc2cc(S(=O)(=O)O)c3cc([N+](=O)[O-])cc(S(=O)(=O)O)c3c2)c(C)cc1N=Nc1c(Nc2ccc(S(=O)(=O)O)cc2)nc(Cc2ccc(S(=O)(=O)O)cc2)c(C#N)c1C. The third kappa shape index (κ3) is 10.6. The fraction of sp³-hybridized carbons (Fsp3) is 0.105. The molecule has 0 spiro atoms. The van der Waals surface area contributed by atoms with Crippen LogP contribution in [0.1, 0.15) is 27.9 Å². The van der Waals surface area contributed by atoms with Crippen LogP contribution in [0.2, 0.25) is 0 Å². The Morgan fingerprint density at radius 1 is 0.723 bits per heavy atom. The lowest BCUT2D eigenvalue weighted by Gasteiger charge is -2.15. The highest BCUT2D eigenvalue weighted by Gasteiger charge is 2.26. The van der Waals surface area contributed by atoms with E-state index < -0.39 is 76.5 Å². The summed E-state index contributed by atoms with van der Waals surface area (Å²) in [6, 6.07) is 17.9. The number of nitro groups is 1. The van der Waals surface area contributed by atoms with Gasteiger partial charge in [0.2, 0.25) is 0 Å². The topological polar surface area (TPSA) is 368 Å². The summed E-state index contributed by atoms with van der Waals surface area (Å²) in [6.07, 6.45) is -0.00707. The number of aryl methyl sites for hydroxylation is 1. The van der Waals surface area contributed by atoms with Crippen LogP contribution in [0.5, 0.6) is 5.75 Å². The number of azo groups is 2. The van der Waals surface area contributed by atoms with E-state index in [-0.39, 0.29) is 68.1 Å². The van der Waals surface area contributed by atoms with Crippen molar-refractivity contribution < 1.29 is 61.5 Å². The highest BCUT2D eigenvalue weighted by atomic mass is 32.2. The molecule has 0 aliphatic heterocycles. The van der Waals surface area contributed by atoms with Gasteiger partial charge in [0.1, 0.15) is 33.0 Å². The first-order valence-electron chi connectivity index (χ1n) is 17.9. The Labute approximate surface area is 369 Å². The van der Waals surface area contributed by atoms with Crippen molar-refractivity contribution in [1.29, 1.82) is 5.26 Å². The van der Waals surface area contributed by atoms with Crippen LogP contribution < -0.4 is 10.1 Å². The number of rotatable bonds is 14. The summed E-state index contributed by atoms with van der Waals surface area (Å²) in [6.45, 7) is 3.12. The molecule has 0 atom stereocenters. The molecular weight excluding hydrogens is 937 g/mol. The van der Waals surface area contributed by atoms with Gasteiger partial charge in [0.05, 0.1) is 44.5 Å². The van der Waals surface area contributed by atoms with Gasteiger partial charge >= 0.3 is 0 Å². The minimum atomic E-state index is -5.20. The Kier molecular flexibility index (Phi) is 12.9. The monoisotopic (exact) mass is 966 g/mol. The highest BCUT2D eigenvalue weighted by molar-refractivity contribution is 7.86. The smallest absolute Gasteiger partial charge is 0.295 e. The quantitative estimate of drug-likeness (QED) is 0.0301. The fourth-order valence-corrected chi connectivity index (χ4v) is 8.64. The molecule has 6 aromatic rings. The molecule has 0 fully saturated rings. The van der Waals surface area contributed by atoms with E-state index in [1.54, 1.807) is 13.8 Å². The Hall–Kier alpha value is -7.16. The van der Waals surface area contributed by atoms with Gasteiger partial charge in [-0.2, -0.15) is 49.2 Å². The number of aromatic nitrogens is 1. The van der Waals surface area contributed by atoms with Crippen LogP contribution in [-0.4, -0.2) is 68.9 Å². The van der Waals surface area contributed by atoms with Gasteiger partial charge < -0.3 is 10.1 Å². The number of nitro benzene ring substituents is 1. The Morgan fingerprint density at radius 2 is 1.28 bits per heavy atom. The number of anilines is 2. The maximum Gasteiger partial charge on any atom is 0.295 e. The number of ether oxygens (including phenoxy) is 1. The third-order valence-electron chi connectivity index (χ3n) is 9.37. The zero-order chi connectivity index (χ0) is 47.8. The molecule has 0 unspecified atom stereocenters. The zero-order valence-corrected chi connectivity index (χ0v) is 36.6. The second kappa shape index (κ2) is 17.8. The lowest BCUT2D eigenvalue weighted by atomic mass is 10.0. The maximum atomic E-state index is 12.4. The van der Waals surface area contributed by atoms with Crippen molar-refractivity contribution in [3.05, 3.63) is 123 Å². The number of benzene rings is 5. The average Bonchev–Trinajstić information content (AvgIpc) is 3.21. The molecular formula is C38H30N8O15S4. The second-order valence-electron chi connectivity index (χ2n) is 13.7. The van der Waals surface area contributed by atoms with Crippen molar-refractivity contribution in [3.63, 3.8) is 0 Å². The van der Waals surface area contributed by atoms with Gasteiger partial charge in [0.25, 0.3) is 46.2 Å². The van der Waals surface area contributed by atoms with Crippen molar-refractivity contribution in [2.45, 2.75) is 39.9 Å². The maximum absolute atomic E-state index is 12.4. The molecule has 0 aliphatic rings. The summed E-state index contributed by atoms with van der Waals surface area (Å²) in [5, 5.41) is 40.5. The average molecular weight is 967 g/mol. The molecule has 0 aliphatic carbocycles. The molecule has 23 nitrogen and oxygen atoms in total. The first-order valence-corrected chi connectivity index (χ1v) is 23.6. The number of hydrogen-bond acceptors (Lipinski definition) is 18. The van der Waals surface area contributed by atoms with Crippen LogP contribution in [0.15, 0.2) is 125 Å². The summed E-state index contributed by atoms with van der Waals surface area (Å²) in [4.78, 5) is 12.3. The zero-order valence-electron chi connectivity index (χ0n) is 33.3. The van der Waals surface area contributed by atoms with E-state index in [1.165, 1.54) is 55.6 Å². The number of hydrogen-bond donors (Lipinski definition) is 5. The molecule has 0 saturated heterocycles. The molecule has 1 aromatic heterocycles. The summed E-state index contributed by atoms with van der Waals surface area (Å²) in [7, 11) is -18.1. The number of nitriles is 1. The molecule has 0 saturated carbocycles. The number of nitrogens with zero attached hydrogens (tertiary/aromatic N) is 7. The van der Waals surface area contributed by atoms with Crippen molar-refractivity contribution in [3.8, 4) is 11.8 Å². The van der Waals surface area contributed by atoms with E-state index in [2.05, 4.69) is 36.8 Å². The first-order chi connectivity index (χ1) is 30.3. The lowest BCUT2D eigenvalue weighted by Crippen LogP contribution is -2.05. The predicted octanol–water partition coefficient (Wildman–Crippen LogP) is 7.79. The summed E-state index contributed by atoms with van der Waals surface area (Å²) in [5.41, 5.74) is 0.591. The molecule has 65 heavy (non-hydrogen) atoms. The van der Waals surface area contributed by atoms with Crippen LogP contribution in [0, 0.1) is 35.3 Å². The molecule has 6 rings (SSSR count). The molecule has 5 N–H and O–H groups in total. The van der Waals surface area contributed by atoms with Crippen molar-refractivity contribution >= 4 is 91.2 Å². The van der Waals surface area contributed by atoms with Gasteiger partial charge in [-0.3, -0.25) is 28.3 Å². The summed E-state index contributed by atoms with van der Waals surface area (Å²) >= 11 is 0. The number of fused-ring (bicyclic) bond motifs is 1. The second-order valence-corrected chi connectivity index (χ2v) is 19.3. The van der Waals surface area contributed by atoms with Crippen LogP contribution >= 0.6 is 0 Å². The highest BCUT2D eigenvalue weighted by Crippen LogP contribution is 2.41. The van der Waals surface area contributed by atoms with E-state index in [0.29, 0.717) is 23.3 Å². The number of pyridine rings is 1. The van der Waals surface area contributed by atoms with E-state index >= 15 is 0 Å². The van der Waals surface area contributed by atoms with Crippen LogP contribution in [0.3, 0.4) is 0 Å². The number of methoxy groups -OCH3 is 1. The molecule has 5 aromatic carbocycles. The van der Waals surface area contributed by atoms with Crippen molar-refractivity contribution in [2.75, 3.05) is 12.4 Å². The van der Waals surface area contributed by atoms with E-state index in [0.717, 1.165) is 24.3 Å². The Balaban J connectivity index is 1.43. The van der Waals surface area contributed by atoms with Gasteiger partial charge in [0.15, 0.2) is 5.82 Å². The summed E-state index contributed by atoms with van der Waals surface area (Å²) in [5.74, 6) is 0.0553.